The predicted molar refractivity (Wildman–Crippen MR) is 73.9 cm³/mol. The van der Waals surface area contributed by atoms with Crippen molar-refractivity contribution >= 4 is 10.0 Å². The summed E-state index contributed by atoms with van der Waals surface area (Å²) in [5, 5.41) is -0.223. The number of nitrogens with zero attached hydrogens (tertiary/aromatic N) is 3. The minimum absolute atomic E-state index is 0.0856. The van der Waals surface area contributed by atoms with Gasteiger partial charge in [-0.15, -0.1) is 0 Å². The van der Waals surface area contributed by atoms with Gasteiger partial charge in [0.15, 0.2) is 0 Å². The van der Waals surface area contributed by atoms with Crippen molar-refractivity contribution in [3.05, 3.63) is 17.8 Å². The Morgan fingerprint density at radius 3 is 2.81 bits per heavy atom. The maximum absolute atomic E-state index is 14.0. The third-order valence-corrected chi connectivity index (χ3v) is 6.22. The molecule has 0 bridgehead atoms. The highest BCUT2D eigenvalue weighted by Crippen LogP contribution is 2.33. The van der Waals surface area contributed by atoms with Gasteiger partial charge in [0.25, 0.3) is 5.88 Å². The number of ether oxygens (including phenoxy) is 1. The third-order valence-electron chi connectivity index (χ3n) is 3.86. The molecule has 1 atom stereocenters. The van der Waals surface area contributed by atoms with E-state index in [1.54, 1.807) is 6.92 Å². The summed E-state index contributed by atoms with van der Waals surface area (Å²) < 4.78 is 45.3. The molecule has 1 aliphatic carbocycles. The van der Waals surface area contributed by atoms with Gasteiger partial charge >= 0.3 is 0 Å². The molecule has 2 fully saturated rings. The van der Waals surface area contributed by atoms with Crippen LogP contribution >= 0.6 is 0 Å². The Hall–Kier alpha value is -1.28. The second kappa shape index (κ2) is 5.49. The van der Waals surface area contributed by atoms with Crippen LogP contribution in [0.5, 0.6) is 5.88 Å². The van der Waals surface area contributed by atoms with Gasteiger partial charge in [-0.3, -0.25) is 0 Å². The maximum atomic E-state index is 14.0. The van der Waals surface area contributed by atoms with Crippen LogP contribution in [0, 0.1) is 5.82 Å². The van der Waals surface area contributed by atoms with Crippen molar-refractivity contribution in [1.82, 2.24) is 14.3 Å². The van der Waals surface area contributed by atoms with Gasteiger partial charge in [-0.2, -0.15) is 13.7 Å². The zero-order valence-electron chi connectivity index (χ0n) is 11.8. The quantitative estimate of drug-likeness (QED) is 0.814. The molecule has 1 aromatic heterocycles. The Kier molecular flexibility index (Phi) is 3.83. The van der Waals surface area contributed by atoms with E-state index in [1.807, 2.05) is 0 Å². The summed E-state index contributed by atoms with van der Waals surface area (Å²) in [7, 11) is -3.19. The van der Waals surface area contributed by atoms with Gasteiger partial charge in [0.05, 0.1) is 17.5 Å². The average molecular weight is 315 g/mol. The zero-order chi connectivity index (χ0) is 15.0. The maximum Gasteiger partial charge on any atom is 0.254 e. The van der Waals surface area contributed by atoms with E-state index >= 15 is 0 Å². The number of halogens is 1. The highest BCUT2D eigenvalue weighted by Gasteiger charge is 2.43. The van der Waals surface area contributed by atoms with E-state index in [1.165, 1.54) is 10.6 Å². The van der Waals surface area contributed by atoms with Gasteiger partial charge in [-0.25, -0.2) is 13.4 Å². The first-order valence-corrected chi connectivity index (χ1v) is 8.67. The van der Waals surface area contributed by atoms with Gasteiger partial charge in [0.2, 0.25) is 15.8 Å². The highest BCUT2D eigenvalue weighted by molar-refractivity contribution is 7.90. The van der Waals surface area contributed by atoms with E-state index in [0.717, 1.165) is 12.8 Å². The Labute approximate surface area is 123 Å². The third kappa shape index (κ3) is 2.87. The van der Waals surface area contributed by atoms with Crippen LogP contribution in [0.3, 0.4) is 0 Å². The van der Waals surface area contributed by atoms with Crippen LogP contribution in [0.25, 0.3) is 0 Å². The molecule has 1 aromatic rings. The van der Waals surface area contributed by atoms with E-state index in [4.69, 9.17) is 4.74 Å². The fourth-order valence-corrected chi connectivity index (χ4v) is 4.36. The molecule has 21 heavy (non-hydrogen) atoms. The van der Waals surface area contributed by atoms with Crippen molar-refractivity contribution in [2.75, 3.05) is 13.1 Å². The first-order valence-electron chi connectivity index (χ1n) is 7.17. The van der Waals surface area contributed by atoms with Crippen LogP contribution in [0.2, 0.25) is 0 Å². The summed E-state index contributed by atoms with van der Waals surface area (Å²) >= 11 is 0. The monoisotopic (exact) mass is 315 g/mol. The van der Waals surface area contributed by atoms with Crippen LogP contribution in [0.15, 0.2) is 6.33 Å². The fourth-order valence-electron chi connectivity index (χ4n) is 2.48. The zero-order valence-corrected chi connectivity index (χ0v) is 12.6. The highest BCUT2D eigenvalue weighted by atomic mass is 32.2. The molecule has 0 amide bonds. The molecule has 1 saturated carbocycles. The minimum atomic E-state index is -3.19. The summed E-state index contributed by atoms with van der Waals surface area (Å²) in [6.45, 7) is 2.50. The molecule has 0 N–H and O–H groups in total. The van der Waals surface area contributed by atoms with Crippen molar-refractivity contribution in [1.29, 1.82) is 0 Å². The van der Waals surface area contributed by atoms with Gasteiger partial charge in [-0.1, -0.05) is 6.92 Å². The molecule has 0 radical (unpaired) electrons. The molecule has 2 heterocycles. The molecule has 0 unspecified atom stereocenters. The van der Waals surface area contributed by atoms with E-state index in [0.29, 0.717) is 25.1 Å². The summed E-state index contributed by atoms with van der Waals surface area (Å²) in [5.74, 6) is -0.638. The smallest absolute Gasteiger partial charge is 0.254 e. The Morgan fingerprint density at radius 1 is 1.38 bits per heavy atom. The molecule has 1 aliphatic heterocycles. The topological polar surface area (TPSA) is 72.4 Å². The van der Waals surface area contributed by atoms with E-state index < -0.39 is 15.8 Å². The molecular weight excluding hydrogens is 297 g/mol. The standard InChI is InChI=1S/C13H18FN3O3S/c1-2-11-12(14)13(16-8-15-11)20-9-5-6-17(7-9)21(18,19)10-3-4-10/h8-10H,2-7H2,1H3/t9-/m0/s1. The van der Waals surface area contributed by atoms with Gasteiger partial charge in [-0.05, 0) is 25.7 Å². The van der Waals surface area contributed by atoms with Crippen LogP contribution < -0.4 is 4.74 Å². The Bertz CT molecular complexity index is 634. The lowest BCUT2D eigenvalue weighted by molar-refractivity contribution is 0.195. The number of hydrogen-bond donors (Lipinski definition) is 0. The SMILES string of the molecule is CCc1ncnc(O[C@H]2CCN(S(=O)(=O)C3CC3)C2)c1F. The molecular formula is C13H18FN3O3S. The number of aromatic nitrogens is 2. The molecule has 2 aliphatic rings. The van der Waals surface area contributed by atoms with Crippen LogP contribution in [-0.4, -0.2) is 47.1 Å². The molecule has 116 valence electrons. The Morgan fingerprint density at radius 2 is 2.14 bits per heavy atom. The number of sulfonamides is 1. The molecule has 3 rings (SSSR count). The fraction of sp³-hybridized carbons (Fsp3) is 0.692. The second-order valence-electron chi connectivity index (χ2n) is 5.42. The molecule has 0 aromatic carbocycles. The van der Waals surface area contributed by atoms with Crippen molar-refractivity contribution in [3.63, 3.8) is 0 Å². The van der Waals surface area contributed by atoms with Crippen LogP contribution in [0.4, 0.5) is 4.39 Å². The summed E-state index contributed by atoms with van der Waals surface area (Å²) in [5.41, 5.74) is 0.306. The van der Waals surface area contributed by atoms with Crippen LogP contribution in [0.1, 0.15) is 31.9 Å². The first kappa shape index (κ1) is 14.6. The minimum Gasteiger partial charge on any atom is -0.471 e. The largest absolute Gasteiger partial charge is 0.471 e. The van der Waals surface area contributed by atoms with Crippen molar-refractivity contribution < 1.29 is 17.5 Å². The lowest BCUT2D eigenvalue weighted by Gasteiger charge is -2.17. The van der Waals surface area contributed by atoms with E-state index in [2.05, 4.69) is 9.97 Å². The lowest BCUT2D eigenvalue weighted by Crippen LogP contribution is -2.33. The molecule has 1 saturated heterocycles. The predicted octanol–water partition coefficient (Wildman–Crippen LogP) is 1.12. The van der Waals surface area contributed by atoms with Gasteiger partial charge in [0.1, 0.15) is 12.4 Å². The molecule has 8 heteroatoms. The van der Waals surface area contributed by atoms with E-state index in [9.17, 15) is 12.8 Å². The number of aryl methyl sites for hydroxylation is 1. The van der Waals surface area contributed by atoms with Crippen molar-refractivity contribution in [2.24, 2.45) is 0 Å². The first-order chi connectivity index (χ1) is 10.0. The number of hydrogen-bond acceptors (Lipinski definition) is 5. The second-order valence-corrected chi connectivity index (χ2v) is 7.64. The normalized spacial score (nSPS) is 23.4. The molecule has 0 spiro atoms. The summed E-state index contributed by atoms with van der Waals surface area (Å²) in [6, 6.07) is 0. The van der Waals surface area contributed by atoms with Gasteiger partial charge in [0, 0.05) is 6.54 Å². The van der Waals surface area contributed by atoms with Gasteiger partial charge < -0.3 is 4.74 Å². The average Bonchev–Trinajstić information content (AvgIpc) is 3.22. The van der Waals surface area contributed by atoms with Crippen LogP contribution in [-0.2, 0) is 16.4 Å². The summed E-state index contributed by atoms with van der Waals surface area (Å²) in [4.78, 5) is 7.65. The van der Waals surface area contributed by atoms with E-state index in [-0.39, 0.29) is 23.8 Å². The Balaban J connectivity index is 1.68. The molecule has 6 nitrogen and oxygen atoms in total. The summed E-state index contributed by atoms with van der Waals surface area (Å²) in [6.07, 6.45) is 3.40. The van der Waals surface area contributed by atoms with Crippen molar-refractivity contribution in [3.8, 4) is 5.88 Å². The lowest BCUT2D eigenvalue weighted by atomic mass is 10.3. The number of rotatable bonds is 5. The van der Waals surface area contributed by atoms with Crippen molar-refractivity contribution in [2.45, 2.75) is 44.0 Å².